The summed E-state index contributed by atoms with van der Waals surface area (Å²) in [6.45, 7) is 11.9. The van der Waals surface area contributed by atoms with Gasteiger partial charge in [-0.3, -0.25) is 0 Å². The van der Waals surface area contributed by atoms with E-state index in [2.05, 4.69) is 95.3 Å². The second-order valence-corrected chi connectivity index (χ2v) is 11.6. The number of rotatable bonds is 5. The van der Waals surface area contributed by atoms with Gasteiger partial charge < -0.3 is 0 Å². The van der Waals surface area contributed by atoms with E-state index in [9.17, 15) is 0 Å². The molecule has 0 fully saturated rings. The van der Waals surface area contributed by atoms with Crippen molar-refractivity contribution in [3.63, 3.8) is 0 Å². The van der Waals surface area contributed by atoms with Gasteiger partial charge in [0.25, 0.3) is 0 Å². The van der Waals surface area contributed by atoms with Crippen LogP contribution in [0, 0.1) is 5.41 Å². The van der Waals surface area contributed by atoms with Crippen LogP contribution in [-0.2, 0) is 27.3 Å². The Morgan fingerprint density at radius 3 is 1.48 bits per heavy atom. The van der Waals surface area contributed by atoms with Gasteiger partial charge in [0.15, 0.2) is 0 Å². The zero-order valence-corrected chi connectivity index (χ0v) is 17.7. The van der Waals surface area contributed by atoms with Crippen LogP contribution in [-0.4, -0.2) is 0 Å². The molecule has 0 saturated carbocycles. The van der Waals surface area contributed by atoms with E-state index in [0.29, 0.717) is 0 Å². The fourth-order valence-electron chi connectivity index (χ4n) is 4.22. The molecule has 2 aromatic carbocycles. The Labute approximate surface area is 159 Å². The predicted molar refractivity (Wildman–Crippen MR) is 105 cm³/mol. The van der Waals surface area contributed by atoms with Crippen LogP contribution < -0.4 is 0 Å². The average Bonchev–Trinajstić information content (AvgIpc) is 2.76. The molecule has 0 unspecified atom stereocenters. The third kappa shape index (κ3) is 3.76. The third-order valence-corrected chi connectivity index (χ3v) is 11.2. The van der Waals surface area contributed by atoms with Crippen molar-refractivity contribution in [2.24, 2.45) is 5.41 Å². The van der Waals surface area contributed by atoms with Crippen molar-refractivity contribution in [3.05, 3.63) is 92.4 Å². The number of allylic oxidation sites excluding steroid dienone is 4. The van der Waals surface area contributed by atoms with Gasteiger partial charge in [-0.05, 0) is 0 Å². The van der Waals surface area contributed by atoms with Gasteiger partial charge in [0.2, 0.25) is 0 Å². The first-order chi connectivity index (χ1) is 11.9. The van der Waals surface area contributed by atoms with Crippen LogP contribution in [0.1, 0.15) is 45.7 Å². The van der Waals surface area contributed by atoms with E-state index in [1.165, 1.54) is 26.2 Å². The topological polar surface area (TPSA) is 0 Å². The summed E-state index contributed by atoms with van der Waals surface area (Å²) in [5.74, 6) is 0. The molecule has 25 heavy (non-hydrogen) atoms. The fraction of sp³-hybridized carbons (Fsp3) is 0.333. The van der Waals surface area contributed by atoms with E-state index in [4.69, 9.17) is 0 Å². The summed E-state index contributed by atoms with van der Waals surface area (Å²) in [5.41, 5.74) is 7.94. The molecule has 0 aliphatic heterocycles. The van der Waals surface area contributed by atoms with Gasteiger partial charge in [-0.15, -0.1) is 0 Å². The Morgan fingerprint density at radius 1 is 0.680 bits per heavy atom. The first kappa shape index (κ1) is 18.4. The van der Waals surface area contributed by atoms with Crippen LogP contribution >= 0.6 is 0 Å². The fourth-order valence-corrected chi connectivity index (χ4v) is 10.0. The number of hydrogen-bond acceptors (Lipinski definition) is 0. The second-order valence-electron chi connectivity index (χ2n) is 7.80. The molecular formula is C24H29Ti. The quantitative estimate of drug-likeness (QED) is 0.520. The van der Waals surface area contributed by atoms with Crippen molar-refractivity contribution < 1.29 is 17.9 Å². The maximum atomic E-state index is 2.45. The van der Waals surface area contributed by atoms with E-state index >= 15 is 0 Å². The van der Waals surface area contributed by atoms with Crippen LogP contribution in [0.3, 0.4) is 0 Å². The molecule has 1 aliphatic carbocycles. The summed E-state index contributed by atoms with van der Waals surface area (Å²) in [6.07, 6.45) is 0. The van der Waals surface area contributed by atoms with E-state index in [1.54, 1.807) is 15.0 Å². The second kappa shape index (κ2) is 7.48. The Bertz CT molecular complexity index is 753. The Hall–Kier alpha value is -1.37. The molecule has 0 radical (unpaired) electrons. The first-order valence-electron chi connectivity index (χ1n) is 9.24. The molecule has 1 heteroatoms. The maximum absolute atomic E-state index is 2.45. The molecule has 0 aromatic heterocycles. The zero-order chi connectivity index (χ0) is 18.0. The molecule has 0 nitrogen and oxygen atoms in total. The molecule has 3 rings (SSSR count). The molecule has 1 aliphatic rings. The summed E-state index contributed by atoms with van der Waals surface area (Å²) in [6, 6.07) is 22.2. The van der Waals surface area contributed by atoms with Crippen LogP contribution in [0.2, 0.25) is 0 Å². The van der Waals surface area contributed by atoms with Gasteiger partial charge in [-0.1, -0.05) is 0 Å². The van der Waals surface area contributed by atoms with E-state index in [1.807, 2.05) is 0 Å². The molecule has 0 amide bonds. The summed E-state index contributed by atoms with van der Waals surface area (Å²) >= 11 is -1.50. The molecule has 0 heterocycles. The van der Waals surface area contributed by atoms with Gasteiger partial charge in [0, 0.05) is 0 Å². The standard InChI is InChI=1S/C10H15.2C7H7.Ti/c1-7-6-10(4,5)9(3)8(7)2;2*1-7-5-3-2-4-6-7;/h1-5H3;2*2-6H,1H2;. The monoisotopic (exact) mass is 365 g/mol. The molecule has 0 N–H and O–H groups in total. The molecular weight excluding hydrogens is 336 g/mol. The van der Waals surface area contributed by atoms with Crippen LogP contribution in [0.25, 0.3) is 0 Å². The van der Waals surface area contributed by atoms with Crippen LogP contribution in [0.4, 0.5) is 0 Å². The summed E-state index contributed by atoms with van der Waals surface area (Å²) in [4.78, 5) is 0. The first-order valence-corrected chi connectivity index (χ1v) is 12.2. The average molecular weight is 365 g/mol. The summed E-state index contributed by atoms with van der Waals surface area (Å²) in [5, 5.41) is 0. The minimum atomic E-state index is -1.50. The Balaban J connectivity index is 2.00. The number of hydrogen-bond donors (Lipinski definition) is 0. The van der Waals surface area contributed by atoms with Crippen molar-refractivity contribution in [1.82, 2.24) is 0 Å². The predicted octanol–water partition coefficient (Wildman–Crippen LogP) is 6.66. The molecule has 129 valence electrons. The van der Waals surface area contributed by atoms with Crippen molar-refractivity contribution in [2.45, 2.75) is 44.1 Å². The molecule has 0 atom stereocenters. The third-order valence-electron chi connectivity index (χ3n) is 5.94. The number of benzene rings is 2. The van der Waals surface area contributed by atoms with Crippen molar-refractivity contribution in [1.29, 1.82) is 0 Å². The van der Waals surface area contributed by atoms with Gasteiger partial charge in [0.05, 0.1) is 0 Å². The van der Waals surface area contributed by atoms with Crippen molar-refractivity contribution in [2.75, 3.05) is 0 Å². The summed E-state index contributed by atoms with van der Waals surface area (Å²) < 4.78 is 4.34. The van der Waals surface area contributed by atoms with Gasteiger partial charge in [0.1, 0.15) is 0 Å². The molecule has 2 aromatic rings. The van der Waals surface area contributed by atoms with Gasteiger partial charge >= 0.3 is 160 Å². The SMILES string of the molecule is CC1=C(C)C(C)(C)[C]([Ti]([CH2]c2ccccc2)[CH2]c2ccccc2)=C1C. The van der Waals surface area contributed by atoms with E-state index in [-0.39, 0.29) is 5.41 Å². The Kier molecular flexibility index (Phi) is 5.51. The summed E-state index contributed by atoms with van der Waals surface area (Å²) in [7, 11) is 0. The molecule has 0 bridgehead atoms. The van der Waals surface area contributed by atoms with Crippen molar-refractivity contribution >= 4 is 0 Å². The Morgan fingerprint density at radius 2 is 1.12 bits per heavy atom. The van der Waals surface area contributed by atoms with E-state index in [0.717, 1.165) is 0 Å². The normalized spacial score (nSPS) is 16.5. The van der Waals surface area contributed by atoms with Crippen LogP contribution in [0.15, 0.2) is 81.3 Å². The van der Waals surface area contributed by atoms with Crippen molar-refractivity contribution in [3.8, 4) is 0 Å². The minimum absolute atomic E-state index is 0.229. The van der Waals surface area contributed by atoms with Gasteiger partial charge in [-0.2, -0.15) is 0 Å². The van der Waals surface area contributed by atoms with Gasteiger partial charge in [-0.25, -0.2) is 0 Å². The molecule has 0 spiro atoms. The van der Waals surface area contributed by atoms with Crippen LogP contribution in [0.5, 0.6) is 0 Å². The van der Waals surface area contributed by atoms with E-state index < -0.39 is 17.9 Å². The zero-order valence-electron chi connectivity index (χ0n) is 16.2. The molecule has 0 saturated heterocycles.